The Hall–Kier alpha value is 0.434. The molecule has 0 aromatic heterocycles. The van der Waals surface area contributed by atoms with Crippen molar-refractivity contribution >= 4 is 19.0 Å². The maximum Gasteiger partial charge on any atom is 0.0231 e. The zero-order valence-electron chi connectivity index (χ0n) is 20.1. The number of rotatable bonds is 20. The van der Waals surface area contributed by atoms with Crippen LogP contribution in [0.3, 0.4) is 0 Å². The minimum absolute atomic E-state index is 0.271. The highest BCUT2D eigenvalue weighted by Gasteiger charge is 2.20. The van der Waals surface area contributed by atoms with Gasteiger partial charge in [-0.2, -0.15) is 0 Å². The lowest BCUT2D eigenvalue weighted by Gasteiger charge is -2.28. The van der Waals surface area contributed by atoms with Gasteiger partial charge in [0.1, 0.15) is 0 Å². The Kier molecular flexibility index (Phi) is 19.6. The standard InChI is InChI=1S/C26H56Si2/c1-3-5-7-9-11-13-15-17-23-27-25-19-21-26(22-20-25)28-24-18-16-14-12-10-8-6-4-2/h25-26H,3-24,27-28H2,1-2H3. The van der Waals surface area contributed by atoms with Crippen molar-refractivity contribution in [3.05, 3.63) is 0 Å². The van der Waals surface area contributed by atoms with Crippen molar-refractivity contribution in [1.29, 1.82) is 0 Å². The number of hydrogen-bond donors (Lipinski definition) is 0. The van der Waals surface area contributed by atoms with Crippen LogP contribution in [0.5, 0.6) is 0 Å². The summed E-state index contributed by atoms with van der Waals surface area (Å²) in [7, 11) is 0.542. The highest BCUT2D eigenvalue weighted by molar-refractivity contribution is 6.39. The third-order valence-corrected chi connectivity index (χ3v) is 12.5. The Morgan fingerprint density at radius 2 is 0.714 bits per heavy atom. The van der Waals surface area contributed by atoms with Crippen molar-refractivity contribution in [2.45, 2.75) is 165 Å². The van der Waals surface area contributed by atoms with E-state index in [4.69, 9.17) is 0 Å². The zero-order valence-corrected chi connectivity index (χ0v) is 23.0. The summed E-state index contributed by atoms with van der Waals surface area (Å²) in [5.41, 5.74) is 2.50. The SMILES string of the molecule is CCCCCCCCCC[SiH2]C1CCC([SiH2]CCCCCCCCCC)CC1. The molecule has 28 heavy (non-hydrogen) atoms. The second kappa shape index (κ2) is 20.7. The molecule has 0 aliphatic heterocycles. The minimum atomic E-state index is 0.271. The molecule has 0 amide bonds. The molecule has 0 nitrogen and oxygen atoms in total. The molecular formula is C26H56Si2. The van der Waals surface area contributed by atoms with Crippen LogP contribution < -0.4 is 0 Å². The molecular weight excluding hydrogens is 368 g/mol. The molecule has 1 fully saturated rings. The minimum Gasteiger partial charge on any atom is -0.0654 e. The molecule has 0 aromatic rings. The van der Waals surface area contributed by atoms with Crippen LogP contribution in [0, 0.1) is 0 Å². The molecule has 0 N–H and O–H groups in total. The molecule has 168 valence electrons. The van der Waals surface area contributed by atoms with E-state index in [1.54, 1.807) is 63.5 Å². The lowest BCUT2D eigenvalue weighted by molar-refractivity contribution is 0.493. The van der Waals surface area contributed by atoms with E-state index in [0.717, 1.165) is 0 Å². The van der Waals surface area contributed by atoms with Crippen LogP contribution in [0.2, 0.25) is 23.2 Å². The molecule has 1 aliphatic rings. The van der Waals surface area contributed by atoms with Crippen LogP contribution in [0.1, 0.15) is 142 Å². The first kappa shape index (κ1) is 26.5. The Morgan fingerprint density at radius 3 is 1.04 bits per heavy atom. The van der Waals surface area contributed by atoms with Crippen LogP contribution in [-0.4, -0.2) is 19.0 Å². The summed E-state index contributed by atoms with van der Waals surface area (Å²) < 4.78 is 0. The molecule has 0 atom stereocenters. The second-order valence-corrected chi connectivity index (χ2v) is 15.0. The second-order valence-electron chi connectivity index (χ2n) is 10.1. The molecule has 1 rings (SSSR count). The van der Waals surface area contributed by atoms with Gasteiger partial charge in [0.05, 0.1) is 0 Å². The Balaban J connectivity index is 1.81. The molecule has 0 bridgehead atoms. The van der Waals surface area contributed by atoms with Crippen molar-refractivity contribution in [3.8, 4) is 0 Å². The maximum atomic E-state index is 2.32. The largest absolute Gasteiger partial charge is 0.0654 e. The van der Waals surface area contributed by atoms with E-state index in [1.807, 2.05) is 0 Å². The van der Waals surface area contributed by atoms with E-state index in [-0.39, 0.29) is 19.0 Å². The topological polar surface area (TPSA) is 0 Å². The van der Waals surface area contributed by atoms with E-state index in [9.17, 15) is 0 Å². The molecule has 0 radical (unpaired) electrons. The lowest BCUT2D eigenvalue weighted by atomic mass is 9.99. The molecule has 0 heterocycles. The van der Waals surface area contributed by atoms with Crippen molar-refractivity contribution in [2.24, 2.45) is 0 Å². The fraction of sp³-hybridized carbons (Fsp3) is 1.00. The third kappa shape index (κ3) is 16.3. The van der Waals surface area contributed by atoms with Crippen molar-refractivity contribution in [1.82, 2.24) is 0 Å². The van der Waals surface area contributed by atoms with Crippen molar-refractivity contribution < 1.29 is 0 Å². The Morgan fingerprint density at radius 1 is 0.429 bits per heavy atom. The maximum absolute atomic E-state index is 2.32. The number of unbranched alkanes of at least 4 members (excludes halogenated alkanes) is 14. The fourth-order valence-corrected chi connectivity index (χ4v) is 9.83. The summed E-state index contributed by atoms with van der Waals surface area (Å²) >= 11 is 0. The summed E-state index contributed by atoms with van der Waals surface area (Å²) in [6, 6.07) is 3.33. The highest BCUT2D eigenvalue weighted by Crippen LogP contribution is 2.36. The molecule has 0 aromatic carbocycles. The van der Waals surface area contributed by atoms with Gasteiger partial charge in [-0.1, -0.05) is 165 Å². The van der Waals surface area contributed by atoms with Crippen LogP contribution in [0.4, 0.5) is 0 Å². The monoisotopic (exact) mass is 424 g/mol. The first-order valence-electron chi connectivity index (χ1n) is 13.9. The summed E-state index contributed by atoms with van der Waals surface area (Å²) in [5.74, 6) is 0. The predicted molar refractivity (Wildman–Crippen MR) is 138 cm³/mol. The van der Waals surface area contributed by atoms with Gasteiger partial charge in [0, 0.05) is 19.0 Å². The van der Waals surface area contributed by atoms with Gasteiger partial charge in [0.25, 0.3) is 0 Å². The van der Waals surface area contributed by atoms with Gasteiger partial charge in [-0.25, -0.2) is 0 Å². The van der Waals surface area contributed by atoms with Gasteiger partial charge < -0.3 is 0 Å². The van der Waals surface area contributed by atoms with Crippen LogP contribution in [0.15, 0.2) is 0 Å². The summed E-state index contributed by atoms with van der Waals surface area (Å²) in [6.45, 7) is 4.63. The summed E-state index contributed by atoms with van der Waals surface area (Å²) in [6.07, 6.45) is 30.6. The Labute approximate surface area is 184 Å². The van der Waals surface area contributed by atoms with Gasteiger partial charge in [-0.3, -0.25) is 0 Å². The molecule has 0 unspecified atom stereocenters. The third-order valence-electron chi connectivity index (χ3n) is 7.40. The van der Waals surface area contributed by atoms with Gasteiger partial charge in [0.15, 0.2) is 0 Å². The van der Waals surface area contributed by atoms with Crippen molar-refractivity contribution in [3.63, 3.8) is 0 Å². The summed E-state index contributed by atoms with van der Waals surface area (Å²) in [4.78, 5) is 0. The van der Waals surface area contributed by atoms with Gasteiger partial charge in [-0.15, -0.1) is 0 Å². The van der Waals surface area contributed by atoms with Crippen LogP contribution in [0.25, 0.3) is 0 Å². The predicted octanol–water partition coefficient (Wildman–Crippen LogP) is 8.59. The lowest BCUT2D eigenvalue weighted by Crippen LogP contribution is -2.15. The first-order valence-corrected chi connectivity index (χ1v) is 17.5. The van der Waals surface area contributed by atoms with E-state index < -0.39 is 0 Å². The quantitative estimate of drug-likeness (QED) is 0.135. The molecule has 0 saturated heterocycles. The van der Waals surface area contributed by atoms with Gasteiger partial charge in [-0.05, 0) is 0 Å². The molecule has 1 aliphatic carbocycles. The average molecular weight is 425 g/mol. The fourth-order valence-electron chi connectivity index (χ4n) is 5.30. The normalized spacial score (nSPS) is 20.8. The zero-order chi connectivity index (χ0) is 20.1. The van der Waals surface area contributed by atoms with E-state index in [0.29, 0.717) is 0 Å². The molecule has 1 saturated carbocycles. The van der Waals surface area contributed by atoms with Crippen LogP contribution in [-0.2, 0) is 0 Å². The Bertz CT molecular complexity index is 267. The molecule has 2 heteroatoms. The van der Waals surface area contributed by atoms with Crippen molar-refractivity contribution in [2.75, 3.05) is 0 Å². The highest BCUT2D eigenvalue weighted by atomic mass is 28.2. The van der Waals surface area contributed by atoms with E-state index in [1.165, 1.54) is 88.1 Å². The van der Waals surface area contributed by atoms with Gasteiger partial charge in [0.2, 0.25) is 0 Å². The first-order chi connectivity index (χ1) is 13.9. The molecule has 0 spiro atoms. The van der Waals surface area contributed by atoms with E-state index in [2.05, 4.69) is 13.8 Å². The smallest absolute Gasteiger partial charge is 0.0231 e. The van der Waals surface area contributed by atoms with E-state index >= 15 is 0 Å². The number of hydrogen-bond acceptors (Lipinski definition) is 0. The average Bonchev–Trinajstić information content (AvgIpc) is 2.72. The van der Waals surface area contributed by atoms with Gasteiger partial charge >= 0.3 is 0 Å². The van der Waals surface area contributed by atoms with Crippen LogP contribution >= 0.6 is 0 Å². The summed E-state index contributed by atoms with van der Waals surface area (Å²) in [5, 5.41) is 0.